The average molecular weight is 315 g/mol. The molecule has 1 atom stereocenters. The Morgan fingerprint density at radius 1 is 1.22 bits per heavy atom. The monoisotopic (exact) mass is 315 g/mol. The van der Waals surface area contributed by atoms with Gasteiger partial charge in [0.2, 0.25) is 0 Å². The van der Waals surface area contributed by atoms with Crippen LogP contribution >= 0.6 is 0 Å². The van der Waals surface area contributed by atoms with Crippen LogP contribution in [-0.2, 0) is 12.8 Å². The van der Waals surface area contributed by atoms with E-state index in [-0.39, 0.29) is 17.8 Å². The number of benzene rings is 1. The molecule has 0 saturated carbocycles. The summed E-state index contributed by atoms with van der Waals surface area (Å²) in [6, 6.07) is 6.31. The maximum atomic E-state index is 13.1. The number of carbonyl (C=O) groups is 1. The molecule has 122 valence electrons. The summed E-state index contributed by atoms with van der Waals surface area (Å²) in [5.41, 5.74) is 3.40. The summed E-state index contributed by atoms with van der Waals surface area (Å²) in [6.45, 7) is 6.15. The number of hydrogen-bond donors (Lipinski definition) is 1. The lowest BCUT2D eigenvalue weighted by molar-refractivity contribution is 0.0924. The van der Waals surface area contributed by atoms with Gasteiger partial charge in [0.15, 0.2) is 5.69 Å². The van der Waals surface area contributed by atoms with Crippen molar-refractivity contribution >= 4 is 5.91 Å². The third kappa shape index (κ3) is 3.00. The van der Waals surface area contributed by atoms with E-state index >= 15 is 0 Å². The predicted molar refractivity (Wildman–Crippen MR) is 87.3 cm³/mol. The van der Waals surface area contributed by atoms with Gasteiger partial charge in [0.1, 0.15) is 5.82 Å². The second-order valence-electron chi connectivity index (χ2n) is 6.52. The van der Waals surface area contributed by atoms with Crippen LogP contribution in [0.4, 0.5) is 4.39 Å². The van der Waals surface area contributed by atoms with E-state index in [0.29, 0.717) is 11.6 Å². The minimum absolute atomic E-state index is 0.0931. The Labute approximate surface area is 135 Å². The highest BCUT2D eigenvalue weighted by Gasteiger charge is 2.27. The molecule has 1 N–H and O–H groups in total. The molecule has 4 nitrogen and oxygen atoms in total. The van der Waals surface area contributed by atoms with Crippen molar-refractivity contribution in [1.29, 1.82) is 0 Å². The van der Waals surface area contributed by atoms with Crippen LogP contribution in [0.5, 0.6) is 0 Å². The number of hydrogen-bond acceptors (Lipinski definition) is 2. The van der Waals surface area contributed by atoms with Crippen molar-refractivity contribution in [3.63, 3.8) is 0 Å². The second-order valence-corrected chi connectivity index (χ2v) is 6.52. The van der Waals surface area contributed by atoms with Crippen molar-refractivity contribution in [2.45, 2.75) is 46.1 Å². The van der Waals surface area contributed by atoms with Crippen LogP contribution in [0.3, 0.4) is 0 Å². The van der Waals surface area contributed by atoms with Crippen LogP contribution < -0.4 is 5.32 Å². The highest BCUT2D eigenvalue weighted by molar-refractivity contribution is 5.94. The minimum atomic E-state index is -0.277. The van der Waals surface area contributed by atoms with Gasteiger partial charge in [-0.05, 0) is 56.4 Å². The summed E-state index contributed by atoms with van der Waals surface area (Å²) < 4.78 is 14.9. The summed E-state index contributed by atoms with van der Waals surface area (Å²) in [7, 11) is 0. The van der Waals surface area contributed by atoms with Crippen molar-refractivity contribution in [1.82, 2.24) is 15.1 Å². The molecule has 0 aliphatic heterocycles. The van der Waals surface area contributed by atoms with E-state index in [1.807, 2.05) is 6.92 Å². The molecule has 1 amide bonds. The van der Waals surface area contributed by atoms with Gasteiger partial charge in [-0.1, -0.05) is 13.8 Å². The molecular weight excluding hydrogens is 293 g/mol. The molecule has 0 radical (unpaired) electrons. The molecule has 0 spiro atoms. The van der Waals surface area contributed by atoms with E-state index < -0.39 is 0 Å². The van der Waals surface area contributed by atoms with Gasteiger partial charge in [0, 0.05) is 17.3 Å². The SMILES string of the molecule is CC(C)[C@H](C)NC(=O)c1nn(-c2ccc(F)cc2)c2c1CCC2. The number of fused-ring (bicyclic) bond motifs is 1. The minimum Gasteiger partial charge on any atom is -0.348 e. The number of nitrogens with zero attached hydrogens (tertiary/aromatic N) is 2. The van der Waals surface area contributed by atoms with Gasteiger partial charge in [-0.25, -0.2) is 9.07 Å². The molecule has 1 heterocycles. The normalized spacial score (nSPS) is 14.8. The fourth-order valence-electron chi connectivity index (χ4n) is 2.86. The second kappa shape index (κ2) is 6.14. The number of amides is 1. The van der Waals surface area contributed by atoms with Gasteiger partial charge in [0.05, 0.1) is 5.69 Å². The zero-order chi connectivity index (χ0) is 16.6. The number of nitrogens with one attached hydrogen (secondary N) is 1. The van der Waals surface area contributed by atoms with Gasteiger partial charge in [0.25, 0.3) is 5.91 Å². The largest absolute Gasteiger partial charge is 0.348 e. The van der Waals surface area contributed by atoms with Crippen molar-refractivity contribution in [3.8, 4) is 5.69 Å². The molecule has 0 bridgehead atoms. The molecule has 23 heavy (non-hydrogen) atoms. The molecule has 1 aliphatic rings. The van der Waals surface area contributed by atoms with E-state index in [4.69, 9.17) is 0 Å². The Bertz CT molecular complexity index is 719. The Morgan fingerprint density at radius 2 is 1.91 bits per heavy atom. The van der Waals surface area contributed by atoms with Crippen LogP contribution in [0.1, 0.15) is 48.9 Å². The van der Waals surface area contributed by atoms with Gasteiger partial charge in [-0.3, -0.25) is 4.79 Å². The quantitative estimate of drug-likeness (QED) is 0.941. The van der Waals surface area contributed by atoms with Crippen LogP contribution in [0.15, 0.2) is 24.3 Å². The third-order valence-corrected chi connectivity index (χ3v) is 4.58. The Kier molecular flexibility index (Phi) is 4.20. The van der Waals surface area contributed by atoms with Crippen molar-refractivity contribution in [2.24, 2.45) is 5.92 Å². The summed E-state index contributed by atoms with van der Waals surface area (Å²) in [4.78, 5) is 12.6. The van der Waals surface area contributed by atoms with Crippen LogP contribution in [-0.4, -0.2) is 21.7 Å². The third-order valence-electron chi connectivity index (χ3n) is 4.58. The van der Waals surface area contributed by atoms with Crippen molar-refractivity contribution in [2.75, 3.05) is 0 Å². The molecule has 1 aliphatic carbocycles. The molecule has 5 heteroatoms. The first kappa shape index (κ1) is 15.7. The van der Waals surface area contributed by atoms with Gasteiger partial charge in [-0.15, -0.1) is 0 Å². The Hall–Kier alpha value is -2.17. The smallest absolute Gasteiger partial charge is 0.272 e. The molecule has 0 fully saturated rings. The molecule has 1 aromatic carbocycles. The van der Waals surface area contributed by atoms with E-state index in [0.717, 1.165) is 36.2 Å². The lowest BCUT2D eigenvalue weighted by atomic mass is 10.1. The number of carbonyl (C=O) groups excluding carboxylic acids is 1. The lowest BCUT2D eigenvalue weighted by Crippen LogP contribution is -2.36. The van der Waals surface area contributed by atoms with E-state index in [2.05, 4.69) is 24.3 Å². The molecule has 2 aromatic rings. The predicted octanol–water partition coefficient (Wildman–Crippen LogP) is 3.27. The maximum Gasteiger partial charge on any atom is 0.272 e. The molecule has 3 rings (SSSR count). The van der Waals surface area contributed by atoms with Crippen molar-refractivity contribution < 1.29 is 9.18 Å². The first-order chi connectivity index (χ1) is 11.0. The van der Waals surface area contributed by atoms with E-state index in [9.17, 15) is 9.18 Å². The van der Waals surface area contributed by atoms with Crippen molar-refractivity contribution in [3.05, 3.63) is 47.0 Å². The summed E-state index contributed by atoms with van der Waals surface area (Å²) in [5.74, 6) is -0.0299. The van der Waals surface area contributed by atoms with Gasteiger partial charge >= 0.3 is 0 Å². The number of halogens is 1. The average Bonchev–Trinajstić information content (AvgIpc) is 3.10. The highest BCUT2D eigenvalue weighted by Crippen LogP contribution is 2.28. The highest BCUT2D eigenvalue weighted by atomic mass is 19.1. The van der Waals surface area contributed by atoms with Crippen LogP contribution in [0, 0.1) is 11.7 Å². The molecule has 1 aromatic heterocycles. The molecule has 0 saturated heterocycles. The number of aromatic nitrogens is 2. The van der Waals surface area contributed by atoms with Gasteiger partial charge in [-0.2, -0.15) is 5.10 Å². The van der Waals surface area contributed by atoms with E-state index in [1.54, 1.807) is 16.8 Å². The Balaban J connectivity index is 1.95. The standard InChI is InChI=1S/C18H22FN3O/c1-11(2)12(3)20-18(23)17-15-5-4-6-16(15)22(21-17)14-9-7-13(19)8-10-14/h7-12H,4-6H2,1-3H3,(H,20,23)/t12-/m0/s1. The van der Waals surface area contributed by atoms with E-state index in [1.165, 1.54) is 12.1 Å². The van der Waals surface area contributed by atoms with Gasteiger partial charge < -0.3 is 5.32 Å². The molecular formula is C18H22FN3O. The summed E-state index contributed by atoms with van der Waals surface area (Å²) >= 11 is 0. The fraction of sp³-hybridized carbons (Fsp3) is 0.444. The Morgan fingerprint density at radius 3 is 2.57 bits per heavy atom. The lowest BCUT2D eigenvalue weighted by Gasteiger charge is -2.16. The topological polar surface area (TPSA) is 46.9 Å². The fourth-order valence-corrected chi connectivity index (χ4v) is 2.86. The zero-order valence-corrected chi connectivity index (χ0v) is 13.8. The summed E-state index contributed by atoms with van der Waals surface area (Å²) in [6.07, 6.45) is 2.79. The van der Waals surface area contributed by atoms with Crippen LogP contribution in [0.25, 0.3) is 5.69 Å². The first-order valence-electron chi connectivity index (χ1n) is 8.15. The first-order valence-corrected chi connectivity index (χ1v) is 8.15. The van der Waals surface area contributed by atoms with Crippen LogP contribution in [0.2, 0.25) is 0 Å². The molecule has 0 unspecified atom stereocenters. The zero-order valence-electron chi connectivity index (χ0n) is 13.8. The summed E-state index contributed by atoms with van der Waals surface area (Å²) in [5, 5.41) is 7.55. The number of rotatable bonds is 4. The maximum absolute atomic E-state index is 13.1.